The van der Waals surface area contributed by atoms with Gasteiger partial charge in [0.15, 0.2) is 0 Å². The van der Waals surface area contributed by atoms with Gasteiger partial charge in [0, 0.05) is 5.88 Å². The van der Waals surface area contributed by atoms with Gasteiger partial charge in [0.05, 0.1) is 12.3 Å². The molecule has 0 aliphatic rings. The first kappa shape index (κ1) is 11.5. The Kier molecular flexibility index (Phi) is 3.92. The summed E-state index contributed by atoms with van der Waals surface area (Å²) in [5.74, 6) is 0.219. The summed E-state index contributed by atoms with van der Waals surface area (Å²) in [4.78, 5) is 0. The fraction of sp³-hybridized carbons (Fsp3) is 0.333. The van der Waals surface area contributed by atoms with Crippen molar-refractivity contribution >= 4 is 21.6 Å². The van der Waals surface area contributed by atoms with Crippen LogP contribution < -0.4 is 4.72 Å². The number of sulfonamides is 1. The van der Waals surface area contributed by atoms with Gasteiger partial charge in [-0.3, -0.25) is 0 Å². The van der Waals surface area contributed by atoms with Crippen LogP contribution in [0, 0.1) is 0 Å². The molecule has 1 atom stereocenters. The number of hydrogen-bond acceptors (Lipinski definition) is 2. The van der Waals surface area contributed by atoms with Gasteiger partial charge in [0.1, 0.15) is 0 Å². The standard InChI is InChI=1S/C9H12ClNO2S/c1-14(12,13)11-9(7-10)8-5-3-2-4-6-8/h2-6,9,11H,7H2,1H3/t9-/m1/s1. The molecular formula is C9H12ClNO2S. The van der Waals surface area contributed by atoms with E-state index in [-0.39, 0.29) is 11.9 Å². The Morgan fingerprint density at radius 2 is 1.93 bits per heavy atom. The highest BCUT2D eigenvalue weighted by Gasteiger charge is 2.13. The van der Waals surface area contributed by atoms with E-state index in [0.29, 0.717) is 0 Å². The molecule has 1 aromatic carbocycles. The predicted molar refractivity (Wildman–Crippen MR) is 57.9 cm³/mol. The third-order valence-corrected chi connectivity index (χ3v) is 2.73. The summed E-state index contributed by atoms with van der Waals surface area (Å²) in [5.41, 5.74) is 0.868. The van der Waals surface area contributed by atoms with Crippen LogP contribution >= 0.6 is 11.6 Å². The van der Waals surface area contributed by atoms with E-state index in [4.69, 9.17) is 11.6 Å². The van der Waals surface area contributed by atoms with E-state index in [1.807, 2.05) is 30.3 Å². The van der Waals surface area contributed by atoms with E-state index in [1.54, 1.807) is 0 Å². The molecule has 0 radical (unpaired) electrons. The lowest BCUT2D eigenvalue weighted by molar-refractivity contribution is 0.574. The molecule has 0 aliphatic heterocycles. The van der Waals surface area contributed by atoms with E-state index in [1.165, 1.54) is 0 Å². The summed E-state index contributed by atoms with van der Waals surface area (Å²) in [7, 11) is -3.22. The van der Waals surface area contributed by atoms with Crippen molar-refractivity contribution in [3.8, 4) is 0 Å². The van der Waals surface area contributed by atoms with Crippen LogP contribution in [0.1, 0.15) is 11.6 Å². The Balaban J connectivity index is 2.84. The second-order valence-electron chi connectivity index (χ2n) is 3.01. The minimum absolute atomic E-state index is 0.219. The molecular weight excluding hydrogens is 222 g/mol. The zero-order valence-electron chi connectivity index (χ0n) is 7.77. The van der Waals surface area contributed by atoms with Crippen LogP contribution in [0.4, 0.5) is 0 Å². The van der Waals surface area contributed by atoms with Crippen LogP contribution in [0.5, 0.6) is 0 Å². The molecule has 0 saturated carbocycles. The largest absolute Gasteiger partial charge is 0.213 e. The zero-order chi connectivity index (χ0) is 10.6. The maximum absolute atomic E-state index is 11.0. The van der Waals surface area contributed by atoms with Crippen LogP contribution in [0.25, 0.3) is 0 Å². The van der Waals surface area contributed by atoms with Crippen LogP contribution in [-0.2, 0) is 10.0 Å². The van der Waals surface area contributed by atoms with Gasteiger partial charge in [-0.25, -0.2) is 13.1 Å². The average molecular weight is 234 g/mol. The normalized spacial score (nSPS) is 13.9. The fourth-order valence-corrected chi connectivity index (χ4v) is 2.22. The quantitative estimate of drug-likeness (QED) is 0.802. The number of alkyl halides is 1. The van der Waals surface area contributed by atoms with Crippen molar-refractivity contribution in [3.63, 3.8) is 0 Å². The molecule has 0 fully saturated rings. The fourth-order valence-electron chi connectivity index (χ4n) is 1.13. The smallest absolute Gasteiger partial charge is 0.209 e. The molecule has 78 valence electrons. The Morgan fingerprint density at radius 1 is 1.36 bits per heavy atom. The van der Waals surface area contributed by atoms with E-state index < -0.39 is 10.0 Å². The van der Waals surface area contributed by atoms with Crippen LogP contribution in [0.3, 0.4) is 0 Å². The third kappa shape index (κ3) is 3.65. The molecule has 1 aromatic rings. The van der Waals surface area contributed by atoms with Gasteiger partial charge >= 0.3 is 0 Å². The van der Waals surface area contributed by atoms with E-state index in [9.17, 15) is 8.42 Å². The van der Waals surface area contributed by atoms with Crippen molar-refractivity contribution in [1.29, 1.82) is 0 Å². The number of rotatable bonds is 4. The first-order valence-corrected chi connectivity index (χ1v) is 6.54. The summed E-state index contributed by atoms with van der Waals surface area (Å²) >= 11 is 5.68. The monoisotopic (exact) mass is 233 g/mol. The molecule has 1 N–H and O–H groups in total. The highest BCUT2D eigenvalue weighted by molar-refractivity contribution is 7.88. The molecule has 3 nitrogen and oxygen atoms in total. The van der Waals surface area contributed by atoms with Crippen molar-refractivity contribution in [3.05, 3.63) is 35.9 Å². The van der Waals surface area contributed by atoms with Crippen molar-refractivity contribution in [1.82, 2.24) is 4.72 Å². The number of halogens is 1. The molecule has 0 heterocycles. The SMILES string of the molecule is CS(=O)(=O)N[C@H](CCl)c1ccccc1. The summed E-state index contributed by atoms with van der Waals surface area (Å²) in [6.45, 7) is 0. The van der Waals surface area contributed by atoms with Crippen LogP contribution in [0.2, 0.25) is 0 Å². The Morgan fingerprint density at radius 3 is 2.36 bits per heavy atom. The molecule has 0 aromatic heterocycles. The maximum atomic E-state index is 11.0. The average Bonchev–Trinajstić information content (AvgIpc) is 2.14. The molecule has 0 saturated heterocycles. The van der Waals surface area contributed by atoms with Gasteiger partial charge in [0.25, 0.3) is 0 Å². The van der Waals surface area contributed by atoms with Crippen molar-refractivity contribution in [2.24, 2.45) is 0 Å². The number of benzene rings is 1. The lowest BCUT2D eigenvalue weighted by atomic mass is 10.1. The molecule has 14 heavy (non-hydrogen) atoms. The van der Waals surface area contributed by atoms with Crippen molar-refractivity contribution < 1.29 is 8.42 Å². The molecule has 0 aliphatic carbocycles. The first-order valence-electron chi connectivity index (χ1n) is 4.11. The van der Waals surface area contributed by atoms with Gasteiger partial charge < -0.3 is 0 Å². The number of hydrogen-bond donors (Lipinski definition) is 1. The minimum Gasteiger partial charge on any atom is -0.213 e. The van der Waals surface area contributed by atoms with Crippen LogP contribution in [-0.4, -0.2) is 20.6 Å². The van der Waals surface area contributed by atoms with E-state index in [0.717, 1.165) is 11.8 Å². The Bertz CT molecular complexity index is 377. The van der Waals surface area contributed by atoms with Crippen molar-refractivity contribution in [2.45, 2.75) is 6.04 Å². The lowest BCUT2D eigenvalue weighted by Gasteiger charge is -2.14. The van der Waals surface area contributed by atoms with Gasteiger partial charge in [-0.2, -0.15) is 0 Å². The zero-order valence-corrected chi connectivity index (χ0v) is 9.35. The second-order valence-corrected chi connectivity index (χ2v) is 5.10. The third-order valence-electron chi connectivity index (χ3n) is 1.71. The van der Waals surface area contributed by atoms with E-state index >= 15 is 0 Å². The summed E-state index contributed by atoms with van der Waals surface area (Å²) in [5, 5.41) is 0. The Hall–Kier alpha value is -0.580. The van der Waals surface area contributed by atoms with Crippen LogP contribution in [0.15, 0.2) is 30.3 Å². The predicted octanol–water partition coefficient (Wildman–Crippen LogP) is 1.52. The summed E-state index contributed by atoms with van der Waals surface area (Å²) in [6.07, 6.45) is 1.12. The highest BCUT2D eigenvalue weighted by Crippen LogP contribution is 2.14. The molecule has 0 unspecified atom stereocenters. The Labute approximate surface area is 89.1 Å². The molecule has 1 rings (SSSR count). The van der Waals surface area contributed by atoms with Gasteiger partial charge in [-0.05, 0) is 5.56 Å². The maximum Gasteiger partial charge on any atom is 0.209 e. The van der Waals surface area contributed by atoms with Gasteiger partial charge in [0.2, 0.25) is 10.0 Å². The lowest BCUT2D eigenvalue weighted by Crippen LogP contribution is -2.28. The molecule has 5 heteroatoms. The number of nitrogens with one attached hydrogen (secondary N) is 1. The minimum atomic E-state index is -3.22. The highest BCUT2D eigenvalue weighted by atomic mass is 35.5. The van der Waals surface area contributed by atoms with Crippen molar-refractivity contribution in [2.75, 3.05) is 12.1 Å². The molecule has 0 spiro atoms. The van der Waals surface area contributed by atoms with E-state index in [2.05, 4.69) is 4.72 Å². The first-order chi connectivity index (χ1) is 6.53. The molecule has 0 bridgehead atoms. The van der Waals surface area contributed by atoms with Gasteiger partial charge in [-0.1, -0.05) is 30.3 Å². The van der Waals surface area contributed by atoms with Gasteiger partial charge in [-0.15, -0.1) is 11.6 Å². The summed E-state index contributed by atoms with van der Waals surface area (Å²) < 4.78 is 24.5. The topological polar surface area (TPSA) is 46.2 Å². The second kappa shape index (κ2) is 4.77. The molecule has 0 amide bonds. The summed E-state index contributed by atoms with van der Waals surface area (Å²) in [6, 6.07) is 8.89.